The Bertz CT molecular complexity index is 741. The summed E-state index contributed by atoms with van der Waals surface area (Å²) in [6.07, 6.45) is 3.74. The van der Waals surface area contributed by atoms with Crippen molar-refractivity contribution >= 4 is 0 Å². The fourth-order valence-corrected chi connectivity index (χ4v) is 4.19. The van der Waals surface area contributed by atoms with Crippen LogP contribution in [0.5, 0.6) is 0 Å². The lowest BCUT2D eigenvalue weighted by Gasteiger charge is -2.38. The molecule has 0 aromatic heterocycles. The Kier molecular flexibility index (Phi) is 5.11. The molecule has 138 valence electrons. The number of aliphatic hydroxyl groups is 1. The Hall–Kier alpha value is -2.42. The van der Waals surface area contributed by atoms with Crippen LogP contribution in [0, 0.1) is 0 Å². The van der Waals surface area contributed by atoms with E-state index in [1.54, 1.807) is 0 Å². The molecule has 2 heteroatoms. The van der Waals surface area contributed by atoms with Crippen molar-refractivity contribution in [1.82, 2.24) is 0 Å². The van der Waals surface area contributed by atoms with Crippen LogP contribution in [0.2, 0.25) is 0 Å². The summed E-state index contributed by atoms with van der Waals surface area (Å²) in [4.78, 5) is 0. The van der Waals surface area contributed by atoms with E-state index in [1.165, 1.54) is 0 Å². The molecule has 0 amide bonds. The summed E-state index contributed by atoms with van der Waals surface area (Å²) < 4.78 is 6.72. The van der Waals surface area contributed by atoms with Crippen LogP contribution in [0.1, 0.15) is 42.4 Å². The Morgan fingerprint density at radius 2 is 1.04 bits per heavy atom. The molecule has 0 aliphatic heterocycles. The molecule has 1 fully saturated rings. The molecule has 1 aliphatic rings. The van der Waals surface area contributed by atoms with Crippen molar-refractivity contribution in [2.45, 2.75) is 36.9 Å². The summed E-state index contributed by atoms with van der Waals surface area (Å²) in [5, 5.41) is 11.0. The lowest BCUT2D eigenvalue weighted by Crippen LogP contribution is -2.40. The minimum atomic E-state index is -0.748. The van der Waals surface area contributed by atoms with Crippen LogP contribution in [-0.2, 0) is 10.3 Å². The number of benzene rings is 3. The summed E-state index contributed by atoms with van der Waals surface area (Å²) in [5.41, 5.74) is 1.74. The lowest BCUT2D eigenvalue weighted by atomic mass is 9.80. The molecule has 0 atom stereocenters. The number of hydrogen-bond acceptors (Lipinski definition) is 2. The smallest absolute Gasteiger partial charge is 0.143 e. The van der Waals surface area contributed by atoms with E-state index in [2.05, 4.69) is 36.4 Å². The summed E-state index contributed by atoms with van der Waals surface area (Å²) >= 11 is 0. The van der Waals surface area contributed by atoms with Gasteiger partial charge in [0, 0.05) is 0 Å². The number of rotatable bonds is 6. The van der Waals surface area contributed by atoms with Crippen molar-refractivity contribution in [3.63, 3.8) is 0 Å². The van der Waals surface area contributed by atoms with Crippen LogP contribution < -0.4 is 0 Å². The highest BCUT2D eigenvalue weighted by molar-refractivity contribution is 5.47. The minimum absolute atomic E-state index is 0.325. The molecule has 0 heterocycles. The SMILES string of the molecule is OC1(COC(c2ccccc2)(c2ccccc2)c2ccccc2)CCCC1. The van der Waals surface area contributed by atoms with Gasteiger partial charge in [-0.15, -0.1) is 0 Å². The first-order valence-electron chi connectivity index (χ1n) is 9.76. The van der Waals surface area contributed by atoms with E-state index in [4.69, 9.17) is 4.74 Å². The van der Waals surface area contributed by atoms with E-state index in [-0.39, 0.29) is 0 Å². The molecule has 1 saturated carbocycles. The third-order valence-electron chi connectivity index (χ3n) is 5.63. The van der Waals surface area contributed by atoms with Gasteiger partial charge in [-0.2, -0.15) is 0 Å². The van der Waals surface area contributed by atoms with Gasteiger partial charge < -0.3 is 9.84 Å². The molecular formula is C25H26O2. The van der Waals surface area contributed by atoms with Crippen LogP contribution in [0.25, 0.3) is 0 Å². The standard InChI is InChI=1S/C25H26O2/c26-24(18-10-11-19-24)20-27-25(21-12-4-1-5-13-21,22-14-6-2-7-15-22)23-16-8-3-9-17-23/h1-9,12-17,26H,10-11,18-20H2. The molecule has 1 aliphatic carbocycles. The van der Waals surface area contributed by atoms with Gasteiger partial charge in [-0.1, -0.05) is 104 Å². The minimum Gasteiger partial charge on any atom is -0.387 e. The molecule has 4 rings (SSSR count). The molecule has 2 nitrogen and oxygen atoms in total. The van der Waals surface area contributed by atoms with Gasteiger partial charge in [0.2, 0.25) is 0 Å². The van der Waals surface area contributed by atoms with Crippen LogP contribution in [-0.4, -0.2) is 17.3 Å². The van der Waals surface area contributed by atoms with Gasteiger partial charge in [-0.25, -0.2) is 0 Å². The number of ether oxygens (including phenoxy) is 1. The molecule has 27 heavy (non-hydrogen) atoms. The zero-order valence-corrected chi connectivity index (χ0v) is 15.6. The van der Waals surface area contributed by atoms with Crippen molar-refractivity contribution in [3.8, 4) is 0 Å². The van der Waals surface area contributed by atoms with Crippen LogP contribution >= 0.6 is 0 Å². The van der Waals surface area contributed by atoms with Gasteiger partial charge in [0.05, 0.1) is 12.2 Å². The van der Waals surface area contributed by atoms with E-state index < -0.39 is 11.2 Å². The normalized spacial score (nSPS) is 16.3. The van der Waals surface area contributed by atoms with E-state index in [1.807, 2.05) is 54.6 Å². The summed E-state index contributed by atoms with van der Waals surface area (Å²) in [5.74, 6) is 0. The van der Waals surface area contributed by atoms with E-state index in [0.29, 0.717) is 6.61 Å². The van der Waals surface area contributed by atoms with Gasteiger partial charge in [0.25, 0.3) is 0 Å². The lowest BCUT2D eigenvalue weighted by molar-refractivity contribution is -0.0887. The molecule has 0 bridgehead atoms. The number of hydrogen-bond donors (Lipinski definition) is 1. The van der Waals surface area contributed by atoms with Crippen molar-refractivity contribution in [2.24, 2.45) is 0 Å². The Morgan fingerprint density at radius 1 is 0.667 bits per heavy atom. The first-order chi connectivity index (χ1) is 13.2. The third kappa shape index (κ3) is 3.55. The monoisotopic (exact) mass is 358 g/mol. The highest BCUT2D eigenvalue weighted by atomic mass is 16.5. The molecule has 0 unspecified atom stereocenters. The Morgan fingerprint density at radius 3 is 1.41 bits per heavy atom. The maximum atomic E-state index is 11.0. The van der Waals surface area contributed by atoms with Gasteiger partial charge in [-0.05, 0) is 29.5 Å². The van der Waals surface area contributed by atoms with Crippen LogP contribution in [0.15, 0.2) is 91.0 Å². The largest absolute Gasteiger partial charge is 0.387 e. The average Bonchev–Trinajstić information content (AvgIpc) is 3.18. The molecule has 0 radical (unpaired) electrons. The zero-order valence-electron chi connectivity index (χ0n) is 15.6. The molecule has 0 spiro atoms. The van der Waals surface area contributed by atoms with Crippen molar-refractivity contribution in [2.75, 3.05) is 6.61 Å². The summed E-state index contributed by atoms with van der Waals surface area (Å²) in [6.45, 7) is 0.325. The van der Waals surface area contributed by atoms with Gasteiger partial charge in [0.1, 0.15) is 5.60 Å². The average molecular weight is 358 g/mol. The second-order valence-corrected chi connectivity index (χ2v) is 7.50. The maximum absolute atomic E-state index is 11.0. The Balaban J connectivity index is 1.86. The molecule has 3 aromatic rings. The first-order valence-corrected chi connectivity index (χ1v) is 9.76. The molecule has 3 aromatic carbocycles. The first kappa shape index (κ1) is 18.0. The predicted octanol–water partition coefficient (Wildman–Crippen LogP) is 5.30. The quantitative estimate of drug-likeness (QED) is 0.606. The van der Waals surface area contributed by atoms with Crippen LogP contribution in [0.4, 0.5) is 0 Å². The topological polar surface area (TPSA) is 29.5 Å². The summed E-state index contributed by atoms with van der Waals surface area (Å²) in [6, 6.07) is 31.0. The molecule has 1 N–H and O–H groups in total. The van der Waals surface area contributed by atoms with Gasteiger partial charge in [0.15, 0.2) is 0 Å². The highest BCUT2D eigenvalue weighted by Crippen LogP contribution is 2.42. The van der Waals surface area contributed by atoms with E-state index in [9.17, 15) is 5.11 Å². The fraction of sp³-hybridized carbons (Fsp3) is 0.280. The second-order valence-electron chi connectivity index (χ2n) is 7.50. The van der Waals surface area contributed by atoms with E-state index >= 15 is 0 Å². The Labute approximate surface area is 161 Å². The van der Waals surface area contributed by atoms with Crippen LogP contribution in [0.3, 0.4) is 0 Å². The van der Waals surface area contributed by atoms with Crippen molar-refractivity contribution in [1.29, 1.82) is 0 Å². The second kappa shape index (κ2) is 7.67. The van der Waals surface area contributed by atoms with Crippen molar-refractivity contribution in [3.05, 3.63) is 108 Å². The van der Waals surface area contributed by atoms with Gasteiger partial charge >= 0.3 is 0 Å². The van der Waals surface area contributed by atoms with E-state index in [0.717, 1.165) is 42.4 Å². The molecule has 0 saturated heterocycles. The fourth-order valence-electron chi connectivity index (χ4n) is 4.19. The van der Waals surface area contributed by atoms with Crippen molar-refractivity contribution < 1.29 is 9.84 Å². The maximum Gasteiger partial charge on any atom is 0.143 e. The highest BCUT2D eigenvalue weighted by Gasteiger charge is 2.41. The third-order valence-corrected chi connectivity index (χ3v) is 5.63. The predicted molar refractivity (Wildman–Crippen MR) is 109 cm³/mol. The molecular weight excluding hydrogens is 332 g/mol. The van der Waals surface area contributed by atoms with Gasteiger partial charge in [-0.3, -0.25) is 0 Å². The summed E-state index contributed by atoms with van der Waals surface area (Å²) in [7, 11) is 0. The zero-order chi connectivity index (χ0) is 18.6.